The molecule has 0 bridgehead atoms. The molecule has 6 heteroatoms. The number of nitrogens with one attached hydrogen (secondary N) is 1. The lowest BCUT2D eigenvalue weighted by Gasteiger charge is -2.08. The van der Waals surface area contributed by atoms with Crippen LogP contribution in [0.15, 0.2) is 24.3 Å². The number of aryl methyl sites for hydroxylation is 1. The highest BCUT2D eigenvalue weighted by atomic mass is 16.4. The second kappa shape index (κ2) is 5.20. The van der Waals surface area contributed by atoms with Gasteiger partial charge in [0.2, 0.25) is 5.91 Å². The van der Waals surface area contributed by atoms with Crippen LogP contribution < -0.4 is 5.32 Å². The van der Waals surface area contributed by atoms with Crippen LogP contribution in [0.2, 0.25) is 0 Å². The molecule has 1 aromatic heterocycles. The SMILES string of the molecule is Cc1nc2ccccc2n1CCNC(=O)C1CC1C(=O)O. The fourth-order valence-corrected chi connectivity index (χ4v) is 2.66. The van der Waals surface area contributed by atoms with Gasteiger partial charge in [0, 0.05) is 13.1 Å². The van der Waals surface area contributed by atoms with Gasteiger partial charge >= 0.3 is 5.97 Å². The van der Waals surface area contributed by atoms with Crippen LogP contribution in [0, 0.1) is 18.8 Å². The van der Waals surface area contributed by atoms with Gasteiger partial charge in [-0.15, -0.1) is 0 Å². The summed E-state index contributed by atoms with van der Waals surface area (Å²) in [5.74, 6) is -1.000. The number of carbonyl (C=O) groups excluding carboxylic acids is 1. The summed E-state index contributed by atoms with van der Waals surface area (Å²) in [6, 6.07) is 7.86. The number of hydrogen-bond donors (Lipinski definition) is 2. The molecule has 1 aromatic carbocycles. The zero-order valence-corrected chi connectivity index (χ0v) is 11.7. The summed E-state index contributed by atoms with van der Waals surface area (Å²) >= 11 is 0. The molecule has 6 nitrogen and oxygen atoms in total. The van der Waals surface area contributed by atoms with E-state index in [1.165, 1.54) is 0 Å². The van der Waals surface area contributed by atoms with E-state index in [2.05, 4.69) is 14.9 Å². The van der Waals surface area contributed by atoms with Crippen LogP contribution in [0.1, 0.15) is 12.2 Å². The number of fused-ring (bicyclic) bond motifs is 1. The third-order valence-corrected chi connectivity index (χ3v) is 3.92. The fourth-order valence-electron chi connectivity index (χ4n) is 2.66. The molecule has 1 aliphatic rings. The minimum Gasteiger partial charge on any atom is -0.481 e. The van der Waals surface area contributed by atoms with Gasteiger partial charge in [-0.2, -0.15) is 0 Å². The van der Waals surface area contributed by atoms with E-state index in [0.29, 0.717) is 19.5 Å². The van der Waals surface area contributed by atoms with Crippen LogP contribution in [-0.2, 0) is 16.1 Å². The fraction of sp³-hybridized carbons (Fsp3) is 0.400. The molecule has 21 heavy (non-hydrogen) atoms. The molecule has 110 valence electrons. The van der Waals surface area contributed by atoms with Crippen molar-refractivity contribution in [3.05, 3.63) is 30.1 Å². The molecule has 2 atom stereocenters. The van der Waals surface area contributed by atoms with E-state index in [-0.39, 0.29) is 11.8 Å². The van der Waals surface area contributed by atoms with Crippen molar-refractivity contribution in [3.63, 3.8) is 0 Å². The summed E-state index contributed by atoms with van der Waals surface area (Å²) < 4.78 is 2.05. The summed E-state index contributed by atoms with van der Waals surface area (Å²) in [5, 5.41) is 11.6. The Hall–Kier alpha value is -2.37. The smallest absolute Gasteiger partial charge is 0.307 e. The van der Waals surface area contributed by atoms with Crippen molar-refractivity contribution in [2.24, 2.45) is 11.8 Å². The first kappa shape index (κ1) is 13.6. The largest absolute Gasteiger partial charge is 0.481 e. The van der Waals surface area contributed by atoms with E-state index in [9.17, 15) is 9.59 Å². The number of para-hydroxylation sites is 2. The molecule has 3 rings (SSSR count). The number of amides is 1. The Morgan fingerprint density at radius 2 is 2.14 bits per heavy atom. The summed E-state index contributed by atoms with van der Waals surface area (Å²) in [7, 11) is 0. The molecular weight excluding hydrogens is 270 g/mol. The van der Waals surface area contributed by atoms with Gasteiger partial charge in [0.15, 0.2) is 0 Å². The van der Waals surface area contributed by atoms with E-state index in [1.54, 1.807) is 0 Å². The van der Waals surface area contributed by atoms with Gasteiger partial charge in [0.1, 0.15) is 5.82 Å². The first-order valence-electron chi connectivity index (χ1n) is 7.00. The number of nitrogens with zero attached hydrogens (tertiary/aromatic N) is 2. The average molecular weight is 287 g/mol. The van der Waals surface area contributed by atoms with Gasteiger partial charge in [0.05, 0.1) is 22.9 Å². The molecule has 0 saturated heterocycles. The average Bonchev–Trinajstić information content (AvgIpc) is 3.19. The lowest BCUT2D eigenvalue weighted by molar-refractivity contribution is -0.140. The normalized spacial score (nSPS) is 20.4. The number of hydrogen-bond acceptors (Lipinski definition) is 3. The highest BCUT2D eigenvalue weighted by Crippen LogP contribution is 2.38. The Bertz CT molecular complexity index is 707. The van der Waals surface area contributed by atoms with E-state index in [0.717, 1.165) is 16.9 Å². The van der Waals surface area contributed by atoms with Gasteiger partial charge < -0.3 is 15.0 Å². The third kappa shape index (κ3) is 2.61. The predicted octanol–water partition coefficient (Wildman–Crippen LogP) is 1.18. The zero-order chi connectivity index (χ0) is 15.0. The molecule has 1 amide bonds. The Morgan fingerprint density at radius 3 is 2.86 bits per heavy atom. The molecular formula is C15H17N3O3. The van der Waals surface area contributed by atoms with Crippen molar-refractivity contribution < 1.29 is 14.7 Å². The molecule has 0 aliphatic heterocycles. The van der Waals surface area contributed by atoms with Crippen molar-refractivity contribution in [1.29, 1.82) is 0 Å². The Balaban J connectivity index is 1.59. The molecule has 0 spiro atoms. The van der Waals surface area contributed by atoms with Crippen molar-refractivity contribution in [2.75, 3.05) is 6.54 Å². The van der Waals surface area contributed by atoms with E-state index in [4.69, 9.17) is 5.11 Å². The van der Waals surface area contributed by atoms with Crippen molar-refractivity contribution in [1.82, 2.24) is 14.9 Å². The Labute approximate surface area is 121 Å². The number of carbonyl (C=O) groups is 2. The molecule has 1 fully saturated rings. The van der Waals surface area contributed by atoms with Crippen molar-refractivity contribution >= 4 is 22.9 Å². The van der Waals surface area contributed by atoms with Crippen LogP contribution in [-0.4, -0.2) is 33.1 Å². The van der Waals surface area contributed by atoms with Gasteiger partial charge in [-0.3, -0.25) is 9.59 Å². The molecule has 2 aromatic rings. The van der Waals surface area contributed by atoms with Gasteiger partial charge in [-0.25, -0.2) is 4.98 Å². The minimum absolute atomic E-state index is 0.163. The van der Waals surface area contributed by atoms with Gasteiger partial charge in [-0.05, 0) is 25.5 Å². The topological polar surface area (TPSA) is 84.2 Å². The number of aliphatic carboxylic acids is 1. The summed E-state index contributed by atoms with van der Waals surface area (Å²) in [4.78, 5) is 27.0. The number of carboxylic acid groups (broad SMARTS) is 1. The second-order valence-electron chi connectivity index (χ2n) is 5.38. The van der Waals surface area contributed by atoms with Crippen molar-refractivity contribution in [3.8, 4) is 0 Å². The lowest BCUT2D eigenvalue weighted by Crippen LogP contribution is -2.29. The zero-order valence-electron chi connectivity index (χ0n) is 11.7. The molecule has 2 N–H and O–H groups in total. The van der Waals surface area contributed by atoms with Gasteiger partial charge in [-0.1, -0.05) is 12.1 Å². The number of imidazole rings is 1. The first-order chi connectivity index (χ1) is 10.1. The summed E-state index contributed by atoms with van der Waals surface area (Å²) in [6.45, 7) is 3.04. The number of aromatic nitrogens is 2. The highest BCUT2D eigenvalue weighted by molar-refractivity contribution is 5.89. The van der Waals surface area contributed by atoms with E-state index >= 15 is 0 Å². The maximum Gasteiger partial charge on any atom is 0.307 e. The Morgan fingerprint density at radius 1 is 1.38 bits per heavy atom. The van der Waals surface area contributed by atoms with Crippen molar-refractivity contribution in [2.45, 2.75) is 19.9 Å². The van der Waals surface area contributed by atoms with Crippen LogP contribution >= 0.6 is 0 Å². The Kier molecular flexibility index (Phi) is 3.37. The first-order valence-corrected chi connectivity index (χ1v) is 7.00. The number of benzene rings is 1. The minimum atomic E-state index is -0.883. The summed E-state index contributed by atoms with van der Waals surface area (Å²) in [6.07, 6.45) is 0.453. The quantitative estimate of drug-likeness (QED) is 0.865. The predicted molar refractivity (Wildman–Crippen MR) is 76.7 cm³/mol. The van der Waals surface area contributed by atoms with Crippen LogP contribution in [0.4, 0.5) is 0 Å². The lowest BCUT2D eigenvalue weighted by atomic mass is 10.3. The van der Waals surface area contributed by atoms with Crippen LogP contribution in [0.25, 0.3) is 11.0 Å². The maximum atomic E-state index is 11.8. The number of carboxylic acids is 1. The van der Waals surface area contributed by atoms with Crippen LogP contribution in [0.3, 0.4) is 0 Å². The molecule has 1 aliphatic carbocycles. The molecule has 1 saturated carbocycles. The standard InChI is InChI=1S/C15H17N3O3/c1-9-17-12-4-2-3-5-13(12)18(9)7-6-16-14(19)10-8-11(10)15(20)21/h2-5,10-11H,6-8H2,1H3,(H,16,19)(H,20,21). The highest BCUT2D eigenvalue weighted by Gasteiger charge is 2.48. The monoisotopic (exact) mass is 287 g/mol. The molecule has 0 radical (unpaired) electrons. The molecule has 1 heterocycles. The van der Waals surface area contributed by atoms with E-state index < -0.39 is 11.9 Å². The second-order valence-corrected chi connectivity index (χ2v) is 5.38. The van der Waals surface area contributed by atoms with E-state index in [1.807, 2.05) is 31.2 Å². The van der Waals surface area contributed by atoms with Crippen LogP contribution in [0.5, 0.6) is 0 Å². The maximum absolute atomic E-state index is 11.8. The number of rotatable bonds is 5. The summed E-state index contributed by atoms with van der Waals surface area (Å²) in [5.41, 5.74) is 1.98. The third-order valence-electron chi connectivity index (χ3n) is 3.92. The molecule has 2 unspecified atom stereocenters. The van der Waals surface area contributed by atoms with Gasteiger partial charge in [0.25, 0.3) is 0 Å².